The van der Waals surface area contributed by atoms with Gasteiger partial charge in [-0.15, -0.1) is 11.3 Å². The van der Waals surface area contributed by atoms with Gasteiger partial charge < -0.3 is 0 Å². The van der Waals surface area contributed by atoms with Crippen LogP contribution in [0.1, 0.15) is 31.2 Å². The Morgan fingerprint density at radius 1 is 1.78 bits per heavy atom. The Morgan fingerprint density at radius 3 is 3.00 bits per heavy atom. The normalized spacial score (nSPS) is 13.6. The van der Waals surface area contributed by atoms with Crippen molar-refractivity contribution >= 4 is 11.3 Å². The minimum atomic E-state index is 0.644. The van der Waals surface area contributed by atoms with E-state index in [2.05, 4.69) is 18.8 Å². The topological polar surface area (TPSA) is 12.9 Å². The number of aromatic nitrogens is 1. The van der Waals surface area contributed by atoms with Gasteiger partial charge in [0.25, 0.3) is 0 Å². The van der Waals surface area contributed by atoms with Crippen LogP contribution in [0, 0.1) is 0 Å². The van der Waals surface area contributed by atoms with Crippen molar-refractivity contribution in [2.75, 3.05) is 0 Å². The molecule has 0 radical (unpaired) electrons. The van der Waals surface area contributed by atoms with Crippen LogP contribution < -0.4 is 0 Å². The second-order valence-corrected chi connectivity index (χ2v) is 3.11. The summed E-state index contributed by atoms with van der Waals surface area (Å²) < 4.78 is 0. The summed E-state index contributed by atoms with van der Waals surface area (Å²) in [6.45, 7) is 4.39. The van der Waals surface area contributed by atoms with Gasteiger partial charge in [0.1, 0.15) is 0 Å². The van der Waals surface area contributed by atoms with E-state index >= 15 is 0 Å². The summed E-state index contributed by atoms with van der Waals surface area (Å²) in [6.07, 6.45) is 3.06. The molecular formula is C7H11NS. The second kappa shape index (κ2) is 2.97. The van der Waals surface area contributed by atoms with Crippen LogP contribution in [-0.2, 0) is 0 Å². The first-order valence-corrected chi connectivity index (χ1v) is 4.12. The molecule has 2 heteroatoms. The standard InChI is InChI=1S/C7H11NS/c1-3-6(2)7-8-4-5-9-7/h4-6H,3H2,1-2H3. The SMILES string of the molecule is CCC(C)c1nccs1. The van der Waals surface area contributed by atoms with E-state index in [-0.39, 0.29) is 0 Å². The van der Waals surface area contributed by atoms with E-state index in [1.807, 2.05) is 11.6 Å². The molecule has 1 rings (SSSR count). The van der Waals surface area contributed by atoms with E-state index in [0.29, 0.717) is 5.92 Å². The summed E-state index contributed by atoms with van der Waals surface area (Å²) in [6, 6.07) is 0. The summed E-state index contributed by atoms with van der Waals surface area (Å²) in [5.41, 5.74) is 0. The van der Waals surface area contributed by atoms with Gasteiger partial charge in [-0.3, -0.25) is 0 Å². The van der Waals surface area contributed by atoms with Gasteiger partial charge in [-0.2, -0.15) is 0 Å². The van der Waals surface area contributed by atoms with Crippen LogP contribution in [0.15, 0.2) is 11.6 Å². The van der Waals surface area contributed by atoms with Crippen molar-refractivity contribution in [3.63, 3.8) is 0 Å². The van der Waals surface area contributed by atoms with E-state index in [0.717, 1.165) is 0 Å². The Bertz CT molecular complexity index is 157. The maximum Gasteiger partial charge on any atom is 0.0952 e. The number of hydrogen-bond acceptors (Lipinski definition) is 2. The lowest BCUT2D eigenvalue weighted by Gasteiger charge is -2.00. The highest BCUT2D eigenvalue weighted by molar-refractivity contribution is 7.09. The highest BCUT2D eigenvalue weighted by Gasteiger charge is 2.02. The molecule has 0 saturated heterocycles. The molecule has 1 nitrogen and oxygen atoms in total. The Labute approximate surface area is 59.8 Å². The van der Waals surface area contributed by atoms with Crippen molar-refractivity contribution in [1.82, 2.24) is 4.98 Å². The maximum absolute atomic E-state index is 4.21. The molecule has 1 heterocycles. The average Bonchev–Trinajstić information content (AvgIpc) is 2.37. The number of nitrogens with zero attached hydrogens (tertiary/aromatic N) is 1. The van der Waals surface area contributed by atoms with Crippen molar-refractivity contribution in [3.8, 4) is 0 Å². The smallest absolute Gasteiger partial charge is 0.0952 e. The van der Waals surface area contributed by atoms with Gasteiger partial charge in [-0.05, 0) is 6.42 Å². The Kier molecular flexibility index (Phi) is 2.22. The van der Waals surface area contributed by atoms with Crippen LogP contribution in [0.3, 0.4) is 0 Å². The molecule has 1 atom stereocenters. The van der Waals surface area contributed by atoms with Crippen LogP contribution in [0.4, 0.5) is 0 Å². The summed E-state index contributed by atoms with van der Waals surface area (Å²) in [7, 11) is 0. The van der Waals surface area contributed by atoms with Crippen LogP contribution in [0.25, 0.3) is 0 Å². The second-order valence-electron chi connectivity index (χ2n) is 2.18. The third-order valence-corrected chi connectivity index (χ3v) is 2.49. The lowest BCUT2D eigenvalue weighted by molar-refractivity contribution is 0.727. The molecule has 0 N–H and O–H groups in total. The summed E-state index contributed by atoms with van der Waals surface area (Å²) >= 11 is 1.74. The summed E-state index contributed by atoms with van der Waals surface area (Å²) in [5.74, 6) is 0.644. The van der Waals surface area contributed by atoms with Crippen LogP contribution in [0.2, 0.25) is 0 Å². The van der Waals surface area contributed by atoms with Crippen molar-refractivity contribution < 1.29 is 0 Å². The molecule has 0 saturated carbocycles. The number of hydrogen-bond donors (Lipinski definition) is 0. The molecule has 1 aromatic rings. The van der Waals surface area contributed by atoms with Crippen LogP contribution in [0.5, 0.6) is 0 Å². The zero-order chi connectivity index (χ0) is 6.69. The Balaban J connectivity index is 2.65. The third kappa shape index (κ3) is 1.52. The molecule has 0 aliphatic heterocycles. The van der Waals surface area contributed by atoms with Crippen LogP contribution >= 0.6 is 11.3 Å². The molecule has 0 spiro atoms. The van der Waals surface area contributed by atoms with E-state index in [4.69, 9.17) is 0 Å². The van der Waals surface area contributed by atoms with E-state index in [1.165, 1.54) is 11.4 Å². The summed E-state index contributed by atoms with van der Waals surface area (Å²) in [5, 5.41) is 3.29. The Hall–Kier alpha value is -0.370. The molecule has 0 fully saturated rings. The van der Waals surface area contributed by atoms with E-state index in [1.54, 1.807) is 11.3 Å². The molecule has 9 heavy (non-hydrogen) atoms. The van der Waals surface area contributed by atoms with Gasteiger partial charge in [-0.25, -0.2) is 4.98 Å². The monoisotopic (exact) mass is 141 g/mol. The molecule has 0 aliphatic rings. The molecular weight excluding hydrogens is 130 g/mol. The van der Waals surface area contributed by atoms with E-state index < -0.39 is 0 Å². The highest BCUT2D eigenvalue weighted by atomic mass is 32.1. The quantitative estimate of drug-likeness (QED) is 0.617. The molecule has 0 aliphatic carbocycles. The first-order chi connectivity index (χ1) is 4.34. The number of rotatable bonds is 2. The minimum absolute atomic E-state index is 0.644. The lowest BCUT2D eigenvalue weighted by atomic mass is 10.1. The van der Waals surface area contributed by atoms with Crippen molar-refractivity contribution in [3.05, 3.63) is 16.6 Å². The first-order valence-electron chi connectivity index (χ1n) is 3.24. The molecule has 0 aromatic carbocycles. The van der Waals surface area contributed by atoms with Crippen molar-refractivity contribution in [2.24, 2.45) is 0 Å². The number of thiazole rings is 1. The largest absolute Gasteiger partial charge is 0.249 e. The van der Waals surface area contributed by atoms with Gasteiger partial charge in [-0.1, -0.05) is 13.8 Å². The minimum Gasteiger partial charge on any atom is -0.249 e. The van der Waals surface area contributed by atoms with Gasteiger partial charge >= 0.3 is 0 Å². The van der Waals surface area contributed by atoms with Crippen molar-refractivity contribution in [1.29, 1.82) is 0 Å². The molecule has 0 bridgehead atoms. The maximum atomic E-state index is 4.21. The van der Waals surface area contributed by atoms with Crippen LogP contribution in [-0.4, -0.2) is 4.98 Å². The zero-order valence-electron chi connectivity index (χ0n) is 5.79. The highest BCUT2D eigenvalue weighted by Crippen LogP contribution is 2.19. The van der Waals surface area contributed by atoms with Gasteiger partial charge in [0, 0.05) is 17.5 Å². The van der Waals surface area contributed by atoms with E-state index in [9.17, 15) is 0 Å². The fourth-order valence-corrected chi connectivity index (χ4v) is 1.43. The lowest BCUT2D eigenvalue weighted by Crippen LogP contribution is -1.87. The molecule has 50 valence electrons. The molecule has 1 aromatic heterocycles. The fourth-order valence-electron chi connectivity index (χ4n) is 0.652. The van der Waals surface area contributed by atoms with Gasteiger partial charge in [0.05, 0.1) is 5.01 Å². The molecule has 0 amide bonds. The van der Waals surface area contributed by atoms with Gasteiger partial charge in [0.2, 0.25) is 0 Å². The Morgan fingerprint density at radius 2 is 2.56 bits per heavy atom. The third-order valence-electron chi connectivity index (χ3n) is 1.49. The zero-order valence-corrected chi connectivity index (χ0v) is 6.61. The van der Waals surface area contributed by atoms with Crippen molar-refractivity contribution in [2.45, 2.75) is 26.2 Å². The predicted molar refractivity (Wildman–Crippen MR) is 40.8 cm³/mol. The average molecular weight is 141 g/mol. The molecule has 1 unspecified atom stereocenters. The first kappa shape index (κ1) is 6.75. The predicted octanol–water partition coefficient (Wildman–Crippen LogP) is 2.66. The fraction of sp³-hybridized carbons (Fsp3) is 0.571. The summed E-state index contributed by atoms with van der Waals surface area (Å²) in [4.78, 5) is 4.21. The van der Waals surface area contributed by atoms with Gasteiger partial charge in [0.15, 0.2) is 0 Å².